The lowest BCUT2D eigenvalue weighted by molar-refractivity contribution is 0.276. The summed E-state index contributed by atoms with van der Waals surface area (Å²) in [4.78, 5) is 12.3. The first-order chi connectivity index (χ1) is 7.20. The fraction of sp³-hybridized carbons (Fsp3) is 0.333. The topological polar surface area (TPSA) is 76.7 Å². The molecule has 15 heavy (non-hydrogen) atoms. The highest BCUT2D eigenvalue weighted by molar-refractivity contribution is 5.19. The van der Waals surface area contributed by atoms with Crippen LogP contribution in [0.5, 0.6) is 0 Å². The Kier molecular flexibility index (Phi) is 2.42. The van der Waals surface area contributed by atoms with E-state index in [0.29, 0.717) is 17.3 Å². The van der Waals surface area contributed by atoms with E-state index in [9.17, 15) is 0 Å². The standard InChI is InChI=1S/C9H11N5O/c1-6-11-7(2)14(13-6)9-4-10-3-8(5-15)12-9/h3-4,15H,5H2,1-2H3. The predicted octanol–water partition coefficient (Wildman–Crippen LogP) is 0.166. The number of aryl methyl sites for hydroxylation is 2. The van der Waals surface area contributed by atoms with Gasteiger partial charge in [-0.05, 0) is 13.8 Å². The number of nitrogens with zero attached hydrogens (tertiary/aromatic N) is 5. The molecule has 0 bridgehead atoms. The smallest absolute Gasteiger partial charge is 0.174 e. The van der Waals surface area contributed by atoms with E-state index in [1.165, 1.54) is 6.20 Å². The van der Waals surface area contributed by atoms with Crippen molar-refractivity contribution in [2.75, 3.05) is 0 Å². The molecule has 0 aliphatic rings. The molecule has 2 heterocycles. The van der Waals surface area contributed by atoms with Crippen molar-refractivity contribution in [3.63, 3.8) is 0 Å². The van der Waals surface area contributed by atoms with Gasteiger partial charge >= 0.3 is 0 Å². The van der Waals surface area contributed by atoms with Gasteiger partial charge in [-0.2, -0.15) is 4.68 Å². The largest absolute Gasteiger partial charge is 0.390 e. The van der Waals surface area contributed by atoms with Gasteiger partial charge in [0.15, 0.2) is 5.82 Å². The number of aliphatic hydroxyl groups excluding tert-OH is 1. The monoisotopic (exact) mass is 205 g/mol. The number of aliphatic hydroxyl groups is 1. The minimum Gasteiger partial charge on any atom is -0.390 e. The Balaban J connectivity index is 2.49. The third-order valence-electron chi connectivity index (χ3n) is 1.93. The minimum atomic E-state index is -0.131. The number of hydrogen-bond donors (Lipinski definition) is 1. The van der Waals surface area contributed by atoms with Gasteiger partial charge in [0.1, 0.15) is 11.6 Å². The molecule has 78 valence electrons. The number of hydrogen-bond acceptors (Lipinski definition) is 5. The van der Waals surface area contributed by atoms with E-state index in [0.717, 1.165) is 5.82 Å². The summed E-state index contributed by atoms with van der Waals surface area (Å²) in [6.07, 6.45) is 3.10. The molecule has 0 spiro atoms. The van der Waals surface area contributed by atoms with Crippen LogP contribution in [0.3, 0.4) is 0 Å². The van der Waals surface area contributed by atoms with Gasteiger partial charge < -0.3 is 5.11 Å². The summed E-state index contributed by atoms with van der Waals surface area (Å²) in [6, 6.07) is 0. The Morgan fingerprint density at radius 3 is 2.67 bits per heavy atom. The van der Waals surface area contributed by atoms with Crippen molar-refractivity contribution < 1.29 is 5.11 Å². The van der Waals surface area contributed by atoms with Crippen LogP contribution in [-0.4, -0.2) is 29.8 Å². The Hall–Kier alpha value is -1.82. The first-order valence-electron chi connectivity index (χ1n) is 4.53. The zero-order chi connectivity index (χ0) is 10.8. The van der Waals surface area contributed by atoms with Crippen molar-refractivity contribution in [2.45, 2.75) is 20.5 Å². The molecule has 2 rings (SSSR count). The molecule has 0 atom stereocenters. The normalized spacial score (nSPS) is 10.6. The van der Waals surface area contributed by atoms with Gasteiger partial charge in [-0.1, -0.05) is 0 Å². The van der Waals surface area contributed by atoms with E-state index in [1.807, 2.05) is 13.8 Å². The van der Waals surface area contributed by atoms with Crippen LogP contribution in [0.25, 0.3) is 5.82 Å². The van der Waals surface area contributed by atoms with Crippen molar-refractivity contribution in [3.8, 4) is 5.82 Å². The molecular weight excluding hydrogens is 194 g/mol. The van der Waals surface area contributed by atoms with E-state index in [-0.39, 0.29) is 6.61 Å². The lowest BCUT2D eigenvalue weighted by atomic mass is 10.5. The number of rotatable bonds is 2. The Morgan fingerprint density at radius 2 is 2.07 bits per heavy atom. The van der Waals surface area contributed by atoms with Crippen molar-refractivity contribution in [2.24, 2.45) is 0 Å². The lowest BCUT2D eigenvalue weighted by Crippen LogP contribution is -2.05. The van der Waals surface area contributed by atoms with Crippen LogP contribution in [0.1, 0.15) is 17.3 Å². The molecule has 0 aromatic carbocycles. The van der Waals surface area contributed by atoms with Gasteiger partial charge in [0, 0.05) is 0 Å². The van der Waals surface area contributed by atoms with Crippen LogP contribution < -0.4 is 0 Å². The fourth-order valence-electron chi connectivity index (χ4n) is 1.31. The maximum Gasteiger partial charge on any atom is 0.174 e. The van der Waals surface area contributed by atoms with Crippen LogP contribution >= 0.6 is 0 Å². The Bertz CT molecular complexity index is 479. The summed E-state index contributed by atoms with van der Waals surface area (Å²) in [5.41, 5.74) is 0.514. The molecule has 0 amide bonds. The van der Waals surface area contributed by atoms with E-state index < -0.39 is 0 Å². The summed E-state index contributed by atoms with van der Waals surface area (Å²) in [5, 5.41) is 13.1. The zero-order valence-electron chi connectivity index (χ0n) is 8.55. The first kappa shape index (κ1) is 9.72. The highest BCUT2D eigenvalue weighted by Gasteiger charge is 2.06. The molecule has 0 saturated heterocycles. The maximum absolute atomic E-state index is 8.94. The van der Waals surface area contributed by atoms with Gasteiger partial charge in [-0.25, -0.2) is 9.97 Å². The molecule has 1 N–H and O–H groups in total. The summed E-state index contributed by atoms with van der Waals surface area (Å²) in [5.74, 6) is 2.00. The fourth-order valence-corrected chi connectivity index (χ4v) is 1.31. The molecular formula is C9H11N5O. The van der Waals surface area contributed by atoms with Crippen molar-refractivity contribution >= 4 is 0 Å². The molecule has 0 unspecified atom stereocenters. The molecule has 0 fully saturated rings. The van der Waals surface area contributed by atoms with E-state index in [1.54, 1.807) is 10.9 Å². The van der Waals surface area contributed by atoms with Gasteiger partial charge in [-0.15, -0.1) is 5.10 Å². The van der Waals surface area contributed by atoms with Crippen LogP contribution in [0.15, 0.2) is 12.4 Å². The van der Waals surface area contributed by atoms with Crippen molar-refractivity contribution in [1.82, 2.24) is 24.7 Å². The van der Waals surface area contributed by atoms with E-state index in [2.05, 4.69) is 20.1 Å². The number of aromatic nitrogens is 5. The Morgan fingerprint density at radius 1 is 1.27 bits per heavy atom. The molecule has 0 aliphatic heterocycles. The average molecular weight is 205 g/mol. The zero-order valence-corrected chi connectivity index (χ0v) is 8.55. The van der Waals surface area contributed by atoms with Crippen molar-refractivity contribution in [3.05, 3.63) is 29.7 Å². The molecule has 6 nitrogen and oxygen atoms in total. The van der Waals surface area contributed by atoms with Gasteiger partial charge in [0.2, 0.25) is 0 Å². The van der Waals surface area contributed by atoms with Crippen molar-refractivity contribution in [1.29, 1.82) is 0 Å². The molecule has 2 aromatic rings. The highest BCUT2D eigenvalue weighted by atomic mass is 16.3. The van der Waals surface area contributed by atoms with Crippen LogP contribution in [0.4, 0.5) is 0 Å². The summed E-state index contributed by atoms with van der Waals surface area (Å²) in [6.45, 7) is 3.52. The maximum atomic E-state index is 8.94. The quantitative estimate of drug-likeness (QED) is 0.756. The average Bonchev–Trinajstić information content (AvgIpc) is 2.58. The minimum absolute atomic E-state index is 0.131. The van der Waals surface area contributed by atoms with Crippen LogP contribution in [-0.2, 0) is 6.61 Å². The van der Waals surface area contributed by atoms with Gasteiger partial charge in [-0.3, -0.25) is 4.98 Å². The first-order valence-corrected chi connectivity index (χ1v) is 4.53. The third kappa shape index (κ3) is 1.84. The van der Waals surface area contributed by atoms with Crippen LogP contribution in [0.2, 0.25) is 0 Å². The second-order valence-electron chi connectivity index (χ2n) is 3.14. The summed E-state index contributed by atoms with van der Waals surface area (Å²) < 4.78 is 1.60. The summed E-state index contributed by atoms with van der Waals surface area (Å²) >= 11 is 0. The molecule has 0 aliphatic carbocycles. The SMILES string of the molecule is Cc1nc(C)n(-c2cncc(CO)n2)n1. The van der Waals surface area contributed by atoms with E-state index in [4.69, 9.17) is 5.11 Å². The predicted molar refractivity (Wildman–Crippen MR) is 52.3 cm³/mol. The summed E-state index contributed by atoms with van der Waals surface area (Å²) in [7, 11) is 0. The third-order valence-corrected chi connectivity index (χ3v) is 1.93. The molecule has 0 radical (unpaired) electrons. The molecule has 0 saturated carbocycles. The lowest BCUT2D eigenvalue weighted by Gasteiger charge is -2.02. The van der Waals surface area contributed by atoms with Crippen LogP contribution in [0, 0.1) is 13.8 Å². The molecule has 6 heteroatoms. The highest BCUT2D eigenvalue weighted by Crippen LogP contribution is 2.05. The van der Waals surface area contributed by atoms with Gasteiger partial charge in [0.05, 0.1) is 24.7 Å². The second-order valence-corrected chi connectivity index (χ2v) is 3.14. The Labute approximate surface area is 86.6 Å². The van der Waals surface area contributed by atoms with E-state index >= 15 is 0 Å². The molecule has 2 aromatic heterocycles. The second kappa shape index (κ2) is 3.74. The van der Waals surface area contributed by atoms with Gasteiger partial charge in [0.25, 0.3) is 0 Å².